The summed E-state index contributed by atoms with van der Waals surface area (Å²) >= 11 is 2.66. The second-order valence-electron chi connectivity index (χ2n) is 3.64. The van der Waals surface area contributed by atoms with Crippen LogP contribution in [-0.2, 0) is 0 Å². The van der Waals surface area contributed by atoms with Gasteiger partial charge >= 0.3 is 6.36 Å². The number of halogens is 3. The van der Waals surface area contributed by atoms with E-state index in [1.54, 1.807) is 0 Å². The number of aliphatic hydroxyl groups is 1. The fourth-order valence-corrected chi connectivity index (χ4v) is 2.90. The van der Waals surface area contributed by atoms with Gasteiger partial charge in [-0.05, 0) is 24.3 Å². The number of thioether (sulfide) groups is 1. The van der Waals surface area contributed by atoms with Gasteiger partial charge in [-0.3, -0.25) is 0 Å². The van der Waals surface area contributed by atoms with E-state index in [4.69, 9.17) is 5.11 Å². The Morgan fingerprint density at radius 2 is 1.95 bits per heavy atom. The number of alkyl halides is 3. The summed E-state index contributed by atoms with van der Waals surface area (Å²) in [6.45, 7) is 0.0493. The number of rotatable bonds is 6. The van der Waals surface area contributed by atoms with Gasteiger partial charge in [0.2, 0.25) is 5.13 Å². The molecule has 0 radical (unpaired) electrons. The molecule has 2 aromatic rings. The summed E-state index contributed by atoms with van der Waals surface area (Å²) < 4.78 is 40.5. The highest BCUT2D eigenvalue weighted by atomic mass is 32.2. The number of hydrogen-bond acceptors (Lipinski definition) is 7. The number of anilines is 2. The average Bonchev–Trinajstić information content (AvgIpc) is 2.85. The third-order valence-corrected chi connectivity index (χ3v) is 4.01. The Balaban J connectivity index is 1.95. The van der Waals surface area contributed by atoms with Gasteiger partial charge in [-0.25, -0.2) is 0 Å². The largest absolute Gasteiger partial charge is 0.573 e. The summed E-state index contributed by atoms with van der Waals surface area (Å²) in [5, 5.41) is 19.9. The highest BCUT2D eigenvalue weighted by Gasteiger charge is 2.30. The topological polar surface area (TPSA) is 67.3 Å². The molecule has 0 unspecified atom stereocenters. The number of nitrogens with one attached hydrogen (secondary N) is 1. The fraction of sp³-hybridized carbons (Fsp3) is 0.273. The van der Waals surface area contributed by atoms with Crippen LogP contribution in [0.4, 0.5) is 24.0 Å². The SMILES string of the molecule is OCCSc1nnc(Nc2ccc(OC(F)(F)F)cc2)s1. The smallest absolute Gasteiger partial charge is 0.406 e. The summed E-state index contributed by atoms with van der Waals surface area (Å²) in [7, 11) is 0. The monoisotopic (exact) mass is 337 g/mol. The van der Waals surface area contributed by atoms with E-state index < -0.39 is 6.36 Å². The maximum atomic E-state index is 12.0. The van der Waals surface area contributed by atoms with E-state index in [-0.39, 0.29) is 12.4 Å². The van der Waals surface area contributed by atoms with Crippen molar-refractivity contribution >= 4 is 33.9 Å². The van der Waals surface area contributed by atoms with Crippen LogP contribution in [0.2, 0.25) is 0 Å². The lowest BCUT2D eigenvalue weighted by Gasteiger charge is -2.09. The van der Waals surface area contributed by atoms with Gasteiger partial charge in [-0.2, -0.15) is 0 Å². The molecule has 0 atom stereocenters. The molecule has 0 aliphatic carbocycles. The number of aliphatic hydroxyl groups excluding tert-OH is 1. The van der Waals surface area contributed by atoms with Crippen molar-refractivity contribution in [2.75, 3.05) is 17.7 Å². The lowest BCUT2D eigenvalue weighted by molar-refractivity contribution is -0.274. The van der Waals surface area contributed by atoms with Gasteiger partial charge in [0, 0.05) is 11.4 Å². The van der Waals surface area contributed by atoms with Crippen LogP contribution in [0.25, 0.3) is 0 Å². The summed E-state index contributed by atoms with van der Waals surface area (Å²) in [6.07, 6.45) is -4.70. The van der Waals surface area contributed by atoms with Crippen LogP contribution in [-0.4, -0.2) is 34.0 Å². The summed E-state index contributed by atoms with van der Waals surface area (Å²) in [5.74, 6) is 0.238. The van der Waals surface area contributed by atoms with Crippen LogP contribution >= 0.6 is 23.1 Å². The summed E-state index contributed by atoms with van der Waals surface area (Å²) in [4.78, 5) is 0. The molecule has 21 heavy (non-hydrogen) atoms. The third kappa shape index (κ3) is 5.40. The van der Waals surface area contributed by atoms with Gasteiger partial charge < -0.3 is 15.2 Å². The standard InChI is InChI=1S/C11H10F3N3O2S2/c12-11(13,14)19-8-3-1-7(2-4-8)15-9-16-17-10(21-9)20-6-5-18/h1-4,18H,5-6H2,(H,15,16). The molecular weight excluding hydrogens is 327 g/mol. The Bertz CT molecular complexity index is 575. The third-order valence-electron chi connectivity index (χ3n) is 2.06. The maximum absolute atomic E-state index is 12.0. The first-order valence-electron chi connectivity index (χ1n) is 5.66. The van der Waals surface area contributed by atoms with Crippen molar-refractivity contribution in [3.63, 3.8) is 0 Å². The Labute approximate surface area is 126 Å². The minimum Gasteiger partial charge on any atom is -0.406 e. The molecular formula is C11H10F3N3O2S2. The molecule has 0 amide bonds. The zero-order valence-corrected chi connectivity index (χ0v) is 12.1. The molecule has 0 fully saturated rings. The van der Waals surface area contributed by atoms with Crippen LogP contribution in [0.1, 0.15) is 0 Å². The number of nitrogens with zero attached hydrogens (tertiary/aromatic N) is 2. The molecule has 0 saturated heterocycles. The molecule has 0 spiro atoms. The quantitative estimate of drug-likeness (QED) is 0.789. The van der Waals surface area contributed by atoms with E-state index in [0.29, 0.717) is 20.9 Å². The molecule has 0 aliphatic rings. The van der Waals surface area contributed by atoms with E-state index in [0.717, 1.165) is 0 Å². The van der Waals surface area contributed by atoms with Gasteiger partial charge in [0.05, 0.1) is 6.61 Å². The Hall–Kier alpha value is -1.52. The highest BCUT2D eigenvalue weighted by Crippen LogP contribution is 2.29. The second-order valence-corrected chi connectivity index (χ2v) is 5.96. The van der Waals surface area contributed by atoms with E-state index in [1.165, 1.54) is 47.4 Å². The molecule has 2 N–H and O–H groups in total. The van der Waals surface area contributed by atoms with E-state index in [2.05, 4.69) is 20.3 Å². The fourth-order valence-electron chi connectivity index (χ4n) is 1.31. The molecule has 10 heteroatoms. The predicted octanol–water partition coefficient (Wildman–Crippen LogP) is 3.26. The number of ether oxygens (including phenoxy) is 1. The van der Waals surface area contributed by atoms with Crippen LogP contribution in [0.15, 0.2) is 28.6 Å². The minimum atomic E-state index is -4.70. The van der Waals surface area contributed by atoms with E-state index in [1.807, 2.05) is 0 Å². The van der Waals surface area contributed by atoms with Gasteiger partial charge in [0.15, 0.2) is 4.34 Å². The highest BCUT2D eigenvalue weighted by molar-refractivity contribution is 8.01. The molecule has 0 saturated carbocycles. The first kappa shape index (κ1) is 15.9. The van der Waals surface area contributed by atoms with Crippen LogP contribution in [0.5, 0.6) is 5.75 Å². The summed E-state index contributed by atoms with van der Waals surface area (Å²) in [5.41, 5.74) is 0.569. The molecule has 5 nitrogen and oxygen atoms in total. The maximum Gasteiger partial charge on any atom is 0.573 e. The number of aromatic nitrogens is 2. The van der Waals surface area contributed by atoms with Crippen molar-refractivity contribution in [3.05, 3.63) is 24.3 Å². The first-order valence-corrected chi connectivity index (χ1v) is 7.46. The molecule has 0 bridgehead atoms. The zero-order chi connectivity index (χ0) is 15.3. The van der Waals surface area contributed by atoms with Crippen LogP contribution < -0.4 is 10.1 Å². The molecule has 0 aliphatic heterocycles. The zero-order valence-electron chi connectivity index (χ0n) is 10.4. The Morgan fingerprint density at radius 3 is 2.57 bits per heavy atom. The minimum absolute atomic E-state index is 0.0493. The van der Waals surface area contributed by atoms with Crippen molar-refractivity contribution in [2.24, 2.45) is 0 Å². The van der Waals surface area contributed by atoms with Crippen molar-refractivity contribution in [1.29, 1.82) is 0 Å². The molecule has 1 aromatic carbocycles. The Kier molecular flexibility index (Phi) is 5.26. The number of hydrogen-bond donors (Lipinski definition) is 2. The number of benzene rings is 1. The van der Waals surface area contributed by atoms with Gasteiger partial charge in [-0.1, -0.05) is 23.1 Å². The second kappa shape index (κ2) is 6.96. The van der Waals surface area contributed by atoms with E-state index >= 15 is 0 Å². The van der Waals surface area contributed by atoms with Gasteiger partial charge in [0.1, 0.15) is 5.75 Å². The van der Waals surface area contributed by atoms with Crippen molar-refractivity contribution < 1.29 is 23.0 Å². The predicted molar refractivity (Wildman–Crippen MR) is 74.1 cm³/mol. The molecule has 1 aromatic heterocycles. The van der Waals surface area contributed by atoms with Gasteiger partial charge in [0.25, 0.3) is 0 Å². The summed E-state index contributed by atoms with van der Waals surface area (Å²) in [6, 6.07) is 5.31. The van der Waals surface area contributed by atoms with Crippen molar-refractivity contribution in [2.45, 2.75) is 10.7 Å². The van der Waals surface area contributed by atoms with E-state index in [9.17, 15) is 13.2 Å². The van der Waals surface area contributed by atoms with Crippen LogP contribution in [0.3, 0.4) is 0 Å². The van der Waals surface area contributed by atoms with Crippen molar-refractivity contribution in [3.8, 4) is 5.75 Å². The lowest BCUT2D eigenvalue weighted by Crippen LogP contribution is -2.16. The van der Waals surface area contributed by atoms with Crippen LogP contribution in [0, 0.1) is 0 Å². The average molecular weight is 337 g/mol. The van der Waals surface area contributed by atoms with Crippen molar-refractivity contribution in [1.82, 2.24) is 10.2 Å². The molecule has 114 valence electrons. The lowest BCUT2D eigenvalue weighted by atomic mass is 10.3. The Morgan fingerprint density at radius 1 is 1.24 bits per heavy atom. The molecule has 1 heterocycles. The molecule has 2 rings (SSSR count). The van der Waals surface area contributed by atoms with Gasteiger partial charge in [-0.15, -0.1) is 23.4 Å². The normalized spacial score (nSPS) is 11.4. The first-order chi connectivity index (χ1) is 9.96.